The van der Waals surface area contributed by atoms with Crippen LogP contribution in [0.5, 0.6) is 0 Å². The minimum atomic E-state index is -0.762. The Morgan fingerprint density at radius 3 is 2.10 bits per heavy atom. The van der Waals surface area contributed by atoms with E-state index in [-0.39, 0.29) is 12.5 Å². The predicted octanol–water partition coefficient (Wildman–Crippen LogP) is 7.72. The second-order valence-corrected chi connectivity index (χ2v) is 12.5. The van der Waals surface area contributed by atoms with Gasteiger partial charge in [-0.3, -0.25) is 4.79 Å². The summed E-state index contributed by atoms with van der Waals surface area (Å²) in [5.41, 5.74) is 0. The maximum atomic E-state index is 10.6. The van der Waals surface area contributed by atoms with Gasteiger partial charge in [0.25, 0.3) is 0 Å². The van der Waals surface area contributed by atoms with E-state index < -0.39 is 5.97 Å². The van der Waals surface area contributed by atoms with Crippen molar-refractivity contribution in [2.75, 3.05) is 58.3 Å². The number of thioether (sulfide) groups is 1. The molecule has 0 bridgehead atoms. The molecule has 0 spiro atoms. The maximum absolute atomic E-state index is 10.6. The largest absolute Gasteiger partial charge is 0.481 e. The molecule has 1 rings (SSSR count). The molecule has 0 saturated heterocycles. The van der Waals surface area contributed by atoms with Crippen molar-refractivity contribution >= 4 is 23.9 Å². The molecule has 41 heavy (non-hydrogen) atoms. The highest BCUT2D eigenvalue weighted by molar-refractivity contribution is 7.99. The molecule has 8 heteroatoms. The standard InChI is InChI=1S/C33H62N2O5S/c1-3-4-5-6-7-8-9-10-11-12-13-14-15-16-17-18-25-40-29-32(38-2)30-41-28-27-39-26-24-35-23-22-34(31-35)21-19-20-33(36)37/h21-23,32H,3-20,24-31H2,1-2H3/p+1. The summed E-state index contributed by atoms with van der Waals surface area (Å²) in [6, 6.07) is 0. The van der Waals surface area contributed by atoms with E-state index in [4.69, 9.17) is 19.3 Å². The van der Waals surface area contributed by atoms with Gasteiger partial charge in [-0.1, -0.05) is 103 Å². The van der Waals surface area contributed by atoms with E-state index in [0.717, 1.165) is 44.4 Å². The lowest BCUT2D eigenvalue weighted by atomic mass is 10.0. The number of nitrogens with zero attached hydrogens (tertiary/aromatic N) is 2. The maximum Gasteiger partial charge on any atom is 0.303 e. The van der Waals surface area contributed by atoms with Gasteiger partial charge >= 0.3 is 5.97 Å². The SMILES string of the molecule is CCCCCCCCCCCCCCCCCCOCC(CSCCOCCN1C=C[N+](=CCCC(=O)O)C1)OC. The average Bonchev–Trinajstić information content (AvgIpc) is 3.42. The van der Waals surface area contributed by atoms with Crippen molar-refractivity contribution in [2.45, 2.75) is 129 Å². The lowest BCUT2D eigenvalue weighted by molar-refractivity contribution is -0.460. The Morgan fingerprint density at radius 1 is 0.902 bits per heavy atom. The van der Waals surface area contributed by atoms with Gasteiger partial charge in [0.2, 0.25) is 6.67 Å². The summed E-state index contributed by atoms with van der Waals surface area (Å²) in [5.74, 6) is 1.11. The zero-order valence-corrected chi connectivity index (χ0v) is 27.4. The third-order valence-electron chi connectivity index (χ3n) is 7.51. The summed E-state index contributed by atoms with van der Waals surface area (Å²) in [7, 11) is 1.77. The number of hydrogen-bond acceptors (Lipinski definition) is 6. The van der Waals surface area contributed by atoms with Crippen LogP contribution in [-0.2, 0) is 19.0 Å². The van der Waals surface area contributed by atoms with Crippen molar-refractivity contribution in [1.29, 1.82) is 0 Å². The Kier molecular flexibility index (Phi) is 26.8. The van der Waals surface area contributed by atoms with Crippen molar-refractivity contribution in [2.24, 2.45) is 0 Å². The average molecular weight is 600 g/mol. The van der Waals surface area contributed by atoms with Gasteiger partial charge in [-0.15, -0.1) is 0 Å². The van der Waals surface area contributed by atoms with Gasteiger partial charge < -0.3 is 24.2 Å². The summed E-state index contributed by atoms with van der Waals surface area (Å²) in [5, 5.41) is 8.73. The number of carbonyl (C=O) groups is 1. The molecule has 0 aromatic heterocycles. The molecule has 1 heterocycles. The van der Waals surface area contributed by atoms with E-state index in [1.54, 1.807) is 7.11 Å². The Labute approximate surface area is 256 Å². The van der Waals surface area contributed by atoms with Gasteiger partial charge in [-0.2, -0.15) is 16.3 Å². The van der Waals surface area contributed by atoms with Crippen LogP contribution in [0.15, 0.2) is 12.4 Å². The molecule has 240 valence electrons. The number of hydrogen-bond donors (Lipinski definition) is 1. The second-order valence-electron chi connectivity index (χ2n) is 11.3. The minimum absolute atomic E-state index is 0.138. The number of unbranched alkanes of at least 4 members (excludes halogenated alkanes) is 15. The Morgan fingerprint density at radius 2 is 1.51 bits per heavy atom. The van der Waals surface area contributed by atoms with Crippen LogP contribution < -0.4 is 0 Å². The molecule has 7 nitrogen and oxygen atoms in total. The van der Waals surface area contributed by atoms with Crippen molar-refractivity contribution in [1.82, 2.24) is 4.90 Å². The highest BCUT2D eigenvalue weighted by Gasteiger charge is 2.14. The molecular weight excluding hydrogens is 536 g/mol. The van der Waals surface area contributed by atoms with E-state index in [9.17, 15) is 4.79 Å². The number of ether oxygens (including phenoxy) is 3. The van der Waals surface area contributed by atoms with Crippen molar-refractivity contribution < 1.29 is 28.7 Å². The highest BCUT2D eigenvalue weighted by atomic mass is 32.2. The van der Waals surface area contributed by atoms with E-state index in [1.807, 2.05) is 35.0 Å². The summed E-state index contributed by atoms with van der Waals surface area (Å²) in [6.45, 7) is 6.80. The minimum Gasteiger partial charge on any atom is -0.481 e. The topological polar surface area (TPSA) is 71.2 Å². The number of aliphatic carboxylic acids is 1. The second kappa shape index (κ2) is 29.0. The van der Waals surface area contributed by atoms with Crippen LogP contribution in [0, 0.1) is 0 Å². The molecule has 1 N–H and O–H groups in total. The van der Waals surface area contributed by atoms with Crippen molar-refractivity contribution in [3.8, 4) is 0 Å². The van der Waals surface area contributed by atoms with E-state index in [2.05, 4.69) is 11.8 Å². The molecular formula is C33H63N2O5S+. The lowest BCUT2D eigenvalue weighted by Gasteiger charge is -2.15. The van der Waals surface area contributed by atoms with E-state index >= 15 is 0 Å². The monoisotopic (exact) mass is 599 g/mol. The van der Waals surface area contributed by atoms with Gasteiger partial charge in [0.15, 0.2) is 6.20 Å². The summed E-state index contributed by atoms with van der Waals surface area (Å²) in [6.07, 6.45) is 29.0. The van der Waals surface area contributed by atoms with Crippen LogP contribution in [0.1, 0.15) is 122 Å². The first kappa shape index (κ1) is 37.9. The van der Waals surface area contributed by atoms with Crippen LogP contribution in [0.2, 0.25) is 0 Å². The molecule has 0 radical (unpaired) electrons. The molecule has 0 amide bonds. The van der Waals surface area contributed by atoms with E-state index in [0.29, 0.717) is 19.6 Å². The quantitative estimate of drug-likeness (QED) is 0.0646. The van der Waals surface area contributed by atoms with Crippen LogP contribution in [0.4, 0.5) is 0 Å². The van der Waals surface area contributed by atoms with Gasteiger partial charge in [0.05, 0.1) is 38.5 Å². The van der Waals surface area contributed by atoms with E-state index in [1.165, 1.54) is 96.3 Å². The first-order valence-corrected chi connectivity index (χ1v) is 17.8. The molecule has 0 saturated carbocycles. The fraction of sp³-hybridized carbons (Fsp3) is 0.879. The van der Waals surface area contributed by atoms with Crippen LogP contribution in [-0.4, -0.2) is 91.1 Å². The number of carboxylic acid groups (broad SMARTS) is 1. The fourth-order valence-corrected chi connectivity index (χ4v) is 5.77. The number of carboxylic acids is 1. The molecule has 1 aliphatic heterocycles. The van der Waals surface area contributed by atoms with Gasteiger partial charge in [0, 0.05) is 38.2 Å². The molecule has 0 fully saturated rings. The molecule has 1 aliphatic rings. The molecule has 1 unspecified atom stereocenters. The summed E-state index contributed by atoms with van der Waals surface area (Å²) in [4.78, 5) is 12.8. The van der Waals surface area contributed by atoms with Gasteiger partial charge in [0.1, 0.15) is 6.21 Å². The molecule has 0 aromatic carbocycles. The lowest BCUT2D eigenvalue weighted by Crippen LogP contribution is -2.25. The first-order chi connectivity index (χ1) is 20.2. The first-order valence-electron chi connectivity index (χ1n) is 16.6. The Bertz CT molecular complexity index is 662. The number of methoxy groups -OCH3 is 1. The number of rotatable bonds is 31. The third-order valence-corrected chi connectivity index (χ3v) is 8.58. The fourth-order valence-electron chi connectivity index (χ4n) is 4.87. The molecule has 0 aromatic rings. The molecule has 0 aliphatic carbocycles. The zero-order valence-electron chi connectivity index (χ0n) is 26.6. The van der Waals surface area contributed by atoms with Gasteiger partial charge in [-0.05, 0) is 6.42 Å². The van der Waals surface area contributed by atoms with Crippen LogP contribution in [0.25, 0.3) is 0 Å². The Balaban J connectivity index is 1.81. The normalized spacial score (nSPS) is 14.9. The summed E-state index contributed by atoms with van der Waals surface area (Å²) >= 11 is 1.85. The third kappa shape index (κ3) is 25.1. The summed E-state index contributed by atoms with van der Waals surface area (Å²) < 4.78 is 19.3. The molecule has 1 atom stereocenters. The highest BCUT2D eigenvalue weighted by Crippen LogP contribution is 2.14. The van der Waals surface area contributed by atoms with Gasteiger partial charge in [-0.25, -0.2) is 0 Å². The van der Waals surface area contributed by atoms with Crippen molar-refractivity contribution in [3.05, 3.63) is 12.4 Å². The smallest absolute Gasteiger partial charge is 0.303 e. The van der Waals surface area contributed by atoms with Crippen LogP contribution >= 0.6 is 11.8 Å². The van der Waals surface area contributed by atoms with Crippen molar-refractivity contribution in [3.63, 3.8) is 0 Å². The Hall–Kier alpha value is -1.09. The zero-order chi connectivity index (χ0) is 29.6. The van der Waals surface area contributed by atoms with Crippen LogP contribution in [0.3, 0.4) is 0 Å². The predicted molar refractivity (Wildman–Crippen MR) is 173 cm³/mol.